The number of hydrogen-bond donors (Lipinski definition) is 1. The van der Waals surface area contributed by atoms with E-state index in [4.69, 9.17) is 4.74 Å². The summed E-state index contributed by atoms with van der Waals surface area (Å²) in [6, 6.07) is 0. The monoisotopic (exact) mass is 610 g/mol. The summed E-state index contributed by atoms with van der Waals surface area (Å²) in [5, 5.41) is 10.2. The molecule has 0 aromatic rings. The zero-order valence-electron chi connectivity index (χ0n) is 27.4. The molecule has 0 aliphatic heterocycles. The minimum absolute atomic E-state index is 0.0252. The summed E-state index contributed by atoms with van der Waals surface area (Å²) in [6.07, 6.45) is -11.3. The van der Waals surface area contributed by atoms with E-state index in [2.05, 4.69) is 34.6 Å². The Balaban J connectivity index is 1.60. The molecule has 4 aliphatic carbocycles. The van der Waals surface area contributed by atoms with Crippen molar-refractivity contribution in [3.05, 3.63) is 0 Å². The van der Waals surface area contributed by atoms with Crippen molar-refractivity contribution < 1.29 is 41.0 Å². The predicted molar refractivity (Wildman–Crippen MR) is 149 cm³/mol. The molecule has 0 aromatic carbocycles. The number of ether oxygens (including phenoxy) is 1. The average molecular weight is 611 g/mol. The Morgan fingerprint density at radius 1 is 0.905 bits per heavy atom. The van der Waals surface area contributed by atoms with Gasteiger partial charge in [0.25, 0.3) is 5.60 Å². The Morgan fingerprint density at radius 3 is 1.83 bits per heavy atom. The maximum absolute atomic E-state index is 13.8. The van der Waals surface area contributed by atoms with E-state index in [9.17, 15) is 36.2 Å². The van der Waals surface area contributed by atoms with Gasteiger partial charge in [0, 0.05) is 0 Å². The van der Waals surface area contributed by atoms with E-state index >= 15 is 0 Å². The van der Waals surface area contributed by atoms with Gasteiger partial charge in [0.2, 0.25) is 0 Å². The van der Waals surface area contributed by atoms with Gasteiger partial charge in [0.1, 0.15) is 5.60 Å². The van der Waals surface area contributed by atoms with Gasteiger partial charge in [-0.05, 0) is 109 Å². The first-order chi connectivity index (χ1) is 18.4. The minimum Gasteiger partial charge on any atom is -0.460 e. The van der Waals surface area contributed by atoms with Gasteiger partial charge in [-0.2, -0.15) is 26.3 Å². The zero-order valence-corrected chi connectivity index (χ0v) is 27.4. The number of carbonyl (C=O) groups is 1. The van der Waals surface area contributed by atoms with Crippen molar-refractivity contribution >= 4 is 5.97 Å². The second-order valence-corrected chi connectivity index (χ2v) is 18.2. The summed E-state index contributed by atoms with van der Waals surface area (Å²) in [4.78, 5) is 13.3. The molecular formula is C33H52F6O3. The fourth-order valence-corrected chi connectivity index (χ4v) is 11.4. The Bertz CT molecular complexity index is 1080. The van der Waals surface area contributed by atoms with Crippen molar-refractivity contribution in [2.75, 3.05) is 0 Å². The number of fused-ring (bicyclic) bond motifs is 3. The van der Waals surface area contributed by atoms with E-state index in [1.54, 1.807) is 0 Å². The van der Waals surface area contributed by atoms with Gasteiger partial charge >= 0.3 is 18.3 Å². The van der Waals surface area contributed by atoms with Gasteiger partial charge in [0.05, 0.1) is 5.92 Å². The number of aliphatic hydroxyl groups is 1. The Labute approximate surface area is 247 Å². The first-order valence-corrected chi connectivity index (χ1v) is 15.5. The molecule has 0 radical (unpaired) electrons. The van der Waals surface area contributed by atoms with Crippen molar-refractivity contribution in [1.82, 2.24) is 0 Å². The fraction of sp³-hybridized carbons (Fsp3) is 0.970. The highest BCUT2D eigenvalue weighted by Crippen LogP contribution is 3.00. The molecule has 0 amide bonds. The zero-order chi connectivity index (χ0) is 32.7. The van der Waals surface area contributed by atoms with E-state index in [0.717, 1.165) is 0 Å². The van der Waals surface area contributed by atoms with Crippen LogP contribution in [0, 0.1) is 68.5 Å². The molecule has 9 heteroatoms. The summed E-state index contributed by atoms with van der Waals surface area (Å²) >= 11 is 0. The van der Waals surface area contributed by atoms with Crippen molar-refractivity contribution in [1.29, 1.82) is 0 Å². The SMILES string of the molecule is CC(CC(C)(C)CC1(C)C2C3C(C4CC(CC(O)(C(F)(F)F)C(F)(F)F)C421)C3(C)C)C(C(=O)OC(C)(C)C)C(C)(C)C. The number of halogens is 6. The van der Waals surface area contributed by atoms with Gasteiger partial charge in [0.15, 0.2) is 0 Å². The normalized spacial score (nSPS) is 37.2. The minimum atomic E-state index is -5.80. The molecule has 4 saturated carbocycles. The highest BCUT2D eigenvalue weighted by molar-refractivity contribution is 5.74. The second kappa shape index (κ2) is 9.05. The number of carbonyl (C=O) groups excluding carboxylic acids is 1. The molecule has 4 aliphatic rings. The first kappa shape index (κ1) is 33.9. The quantitative estimate of drug-likeness (QED) is 0.220. The number of alkyl halides is 6. The average Bonchev–Trinajstić information content (AvgIpc) is 3.37. The topological polar surface area (TPSA) is 46.5 Å². The van der Waals surface area contributed by atoms with E-state index < -0.39 is 46.7 Å². The lowest BCUT2D eigenvalue weighted by atomic mass is 9.52. The Morgan fingerprint density at radius 2 is 1.40 bits per heavy atom. The van der Waals surface area contributed by atoms with E-state index in [0.29, 0.717) is 25.2 Å². The van der Waals surface area contributed by atoms with Crippen LogP contribution >= 0.6 is 0 Å². The van der Waals surface area contributed by atoms with Crippen molar-refractivity contribution in [3.8, 4) is 0 Å². The van der Waals surface area contributed by atoms with Crippen LogP contribution < -0.4 is 0 Å². The smallest absolute Gasteiger partial charge is 0.426 e. The maximum atomic E-state index is 13.8. The van der Waals surface area contributed by atoms with Gasteiger partial charge < -0.3 is 9.84 Å². The summed E-state index contributed by atoms with van der Waals surface area (Å²) in [7, 11) is 0. The van der Waals surface area contributed by atoms with Gasteiger partial charge in [-0.3, -0.25) is 4.79 Å². The molecule has 9 unspecified atom stereocenters. The third-order valence-electron chi connectivity index (χ3n) is 12.1. The largest absolute Gasteiger partial charge is 0.460 e. The lowest BCUT2D eigenvalue weighted by Gasteiger charge is -2.53. The highest BCUT2D eigenvalue weighted by Gasteiger charge is 2.96. The molecule has 9 atom stereocenters. The van der Waals surface area contributed by atoms with Crippen LogP contribution in [-0.2, 0) is 9.53 Å². The van der Waals surface area contributed by atoms with Crippen LogP contribution in [0.1, 0.15) is 109 Å². The summed E-state index contributed by atoms with van der Waals surface area (Å²) < 4.78 is 88.3. The lowest BCUT2D eigenvalue weighted by molar-refractivity contribution is -0.376. The van der Waals surface area contributed by atoms with Crippen LogP contribution in [0.3, 0.4) is 0 Å². The summed E-state index contributed by atoms with van der Waals surface area (Å²) in [5.41, 5.74) is -7.06. The van der Waals surface area contributed by atoms with Crippen LogP contribution in [0.5, 0.6) is 0 Å². The van der Waals surface area contributed by atoms with Gasteiger partial charge in [-0.1, -0.05) is 62.3 Å². The number of esters is 1. The molecule has 4 rings (SSSR count). The third kappa shape index (κ3) is 4.74. The first-order valence-electron chi connectivity index (χ1n) is 15.5. The molecule has 0 bridgehead atoms. The van der Waals surface area contributed by atoms with Crippen molar-refractivity contribution in [2.45, 2.75) is 132 Å². The molecule has 0 aromatic heterocycles. The standard InChI is InChI=1S/C33H52F6O3/c1-17(20(25(2,3)4)24(40)42-26(5,6)7)14-27(8,9)16-29(12)23-22-21(28(22,10)11)19-13-18(31(19,23)29)15-30(41,32(34,35)36)33(37,38)39/h17-23,41H,13-16H2,1-12H3. The van der Waals surface area contributed by atoms with Crippen LogP contribution in [0.4, 0.5) is 26.3 Å². The Hall–Kier alpha value is -0.990. The third-order valence-corrected chi connectivity index (χ3v) is 12.1. The van der Waals surface area contributed by atoms with Crippen molar-refractivity contribution in [3.63, 3.8) is 0 Å². The molecule has 42 heavy (non-hydrogen) atoms. The lowest BCUT2D eigenvalue weighted by Crippen LogP contribution is -2.60. The molecular weight excluding hydrogens is 558 g/mol. The van der Waals surface area contributed by atoms with Crippen LogP contribution in [0.15, 0.2) is 0 Å². The van der Waals surface area contributed by atoms with Gasteiger partial charge in [-0.15, -0.1) is 0 Å². The molecule has 0 heterocycles. The fourth-order valence-electron chi connectivity index (χ4n) is 11.4. The van der Waals surface area contributed by atoms with Crippen LogP contribution in [-0.4, -0.2) is 34.6 Å². The van der Waals surface area contributed by atoms with E-state index in [-0.39, 0.29) is 51.8 Å². The van der Waals surface area contributed by atoms with Crippen LogP contribution in [0.2, 0.25) is 0 Å². The van der Waals surface area contributed by atoms with Crippen molar-refractivity contribution in [2.24, 2.45) is 68.5 Å². The van der Waals surface area contributed by atoms with Gasteiger partial charge in [-0.25, -0.2) is 0 Å². The van der Waals surface area contributed by atoms with E-state index in [1.807, 2.05) is 48.5 Å². The molecule has 1 N–H and O–H groups in total. The molecule has 244 valence electrons. The van der Waals surface area contributed by atoms with E-state index in [1.165, 1.54) is 0 Å². The molecule has 0 saturated heterocycles. The number of hydrogen-bond acceptors (Lipinski definition) is 3. The van der Waals surface area contributed by atoms with Crippen LogP contribution in [0.25, 0.3) is 0 Å². The highest BCUT2D eigenvalue weighted by atomic mass is 19.4. The maximum Gasteiger partial charge on any atom is 0.426 e. The second-order valence-electron chi connectivity index (χ2n) is 18.2. The molecule has 3 nitrogen and oxygen atoms in total. The Kier molecular flexibility index (Phi) is 7.31. The summed E-state index contributed by atoms with van der Waals surface area (Å²) in [5.74, 6) is -0.827. The number of rotatable bonds is 8. The molecule has 4 fully saturated rings. The molecule has 1 spiro atoms. The summed E-state index contributed by atoms with van der Waals surface area (Å²) in [6.45, 7) is 24.2. The predicted octanol–water partition coefficient (Wildman–Crippen LogP) is 9.22.